The van der Waals surface area contributed by atoms with E-state index >= 15 is 0 Å². The summed E-state index contributed by atoms with van der Waals surface area (Å²) in [6.07, 6.45) is 8.74. The summed E-state index contributed by atoms with van der Waals surface area (Å²) in [6.45, 7) is 3.42. The van der Waals surface area contributed by atoms with E-state index in [-0.39, 0.29) is 11.8 Å². The first kappa shape index (κ1) is 20.7. The van der Waals surface area contributed by atoms with Gasteiger partial charge in [0.15, 0.2) is 0 Å². The van der Waals surface area contributed by atoms with Crippen molar-refractivity contribution in [2.45, 2.75) is 37.8 Å². The highest BCUT2D eigenvalue weighted by Crippen LogP contribution is 2.40. The molecule has 1 aliphatic carbocycles. The topological polar surface area (TPSA) is 90.7 Å². The highest BCUT2D eigenvalue weighted by Gasteiger charge is 2.40. The van der Waals surface area contributed by atoms with Crippen LogP contribution in [0.2, 0.25) is 0 Å². The molecule has 1 N–H and O–H groups in total. The van der Waals surface area contributed by atoms with Gasteiger partial charge in [-0.05, 0) is 31.1 Å². The zero-order chi connectivity index (χ0) is 22.3. The Bertz CT molecular complexity index is 1060. The molecule has 3 aliphatic heterocycles. The number of hydrogen-bond donors (Lipinski definition) is 1. The van der Waals surface area contributed by atoms with Crippen molar-refractivity contribution in [1.29, 1.82) is 5.26 Å². The molecular weight excluding hydrogens is 406 g/mol. The van der Waals surface area contributed by atoms with Gasteiger partial charge in [-0.1, -0.05) is 12.1 Å². The van der Waals surface area contributed by atoms with Crippen LogP contribution in [0.25, 0.3) is 0 Å². The van der Waals surface area contributed by atoms with Crippen LogP contribution < -0.4 is 10.2 Å². The van der Waals surface area contributed by atoms with Crippen molar-refractivity contribution in [3.63, 3.8) is 0 Å². The number of methoxy groups -OCH3 is 1. The molecule has 0 spiro atoms. The number of anilines is 1. The maximum atomic E-state index is 11.9. The van der Waals surface area contributed by atoms with Crippen LogP contribution in [0.5, 0.6) is 0 Å². The van der Waals surface area contributed by atoms with E-state index in [1.807, 2.05) is 35.4 Å². The molecule has 1 atom stereocenters. The Hall–Kier alpha value is -3.15. The Morgan fingerprint density at radius 3 is 2.94 bits per heavy atom. The number of fused-ring (bicyclic) bond motifs is 1. The molecule has 0 radical (unpaired) electrons. The van der Waals surface area contributed by atoms with Crippen LogP contribution in [0, 0.1) is 17.2 Å². The zero-order valence-corrected chi connectivity index (χ0v) is 18.4. The molecule has 1 aromatic rings. The second kappa shape index (κ2) is 8.08. The molecule has 32 heavy (non-hydrogen) atoms. The van der Waals surface area contributed by atoms with Gasteiger partial charge in [0, 0.05) is 51.4 Å². The molecule has 8 nitrogen and oxygen atoms in total. The molecule has 5 rings (SSSR count). The average Bonchev–Trinajstić information content (AvgIpc) is 3.40. The second-order valence-corrected chi connectivity index (χ2v) is 8.74. The molecule has 166 valence electrons. The summed E-state index contributed by atoms with van der Waals surface area (Å²) in [7, 11) is 1.69. The fourth-order valence-corrected chi connectivity index (χ4v) is 4.84. The van der Waals surface area contributed by atoms with Crippen LogP contribution in [0.4, 0.5) is 5.82 Å². The van der Waals surface area contributed by atoms with Gasteiger partial charge in [-0.2, -0.15) is 5.26 Å². The number of ether oxygens (including phenoxy) is 2. The summed E-state index contributed by atoms with van der Waals surface area (Å²) in [4.78, 5) is 21.1. The maximum absolute atomic E-state index is 11.9. The smallest absolute Gasteiger partial charge is 0.222 e. The maximum Gasteiger partial charge on any atom is 0.222 e. The normalized spacial score (nSPS) is 28.8. The summed E-state index contributed by atoms with van der Waals surface area (Å²) >= 11 is 0. The van der Waals surface area contributed by atoms with E-state index in [2.05, 4.69) is 22.4 Å². The number of pyridine rings is 1. The van der Waals surface area contributed by atoms with Gasteiger partial charge in [-0.3, -0.25) is 9.69 Å². The Balaban J connectivity index is 1.49. The van der Waals surface area contributed by atoms with Gasteiger partial charge in [-0.25, -0.2) is 4.98 Å². The molecular formula is C24H27N5O3. The zero-order valence-electron chi connectivity index (χ0n) is 18.4. The third-order valence-corrected chi connectivity index (χ3v) is 6.78. The lowest BCUT2D eigenvalue weighted by atomic mass is 9.80. The molecule has 0 unspecified atom stereocenters. The number of carbonyl (C=O) groups excluding carboxylic acids is 1. The molecule has 2 fully saturated rings. The minimum atomic E-state index is -0.556. The van der Waals surface area contributed by atoms with E-state index in [1.54, 1.807) is 7.11 Å². The minimum Gasteiger partial charge on any atom is -0.378 e. The molecule has 1 amide bonds. The Morgan fingerprint density at radius 1 is 1.41 bits per heavy atom. The number of nitriles is 1. The van der Waals surface area contributed by atoms with Crippen molar-refractivity contribution in [3.8, 4) is 6.07 Å². The Labute approximate surface area is 187 Å². The number of amides is 1. The molecule has 1 aromatic heterocycles. The lowest BCUT2D eigenvalue weighted by Gasteiger charge is -2.41. The van der Waals surface area contributed by atoms with Crippen LogP contribution in [-0.2, 0) is 19.9 Å². The average molecular weight is 434 g/mol. The molecule has 8 heteroatoms. The number of allylic oxidation sites excluding steroid dienone is 1. The van der Waals surface area contributed by atoms with Gasteiger partial charge < -0.3 is 19.7 Å². The predicted molar refractivity (Wildman–Crippen MR) is 118 cm³/mol. The fourth-order valence-electron chi connectivity index (χ4n) is 4.84. The summed E-state index contributed by atoms with van der Waals surface area (Å²) < 4.78 is 11.4. The number of nitrogens with zero attached hydrogens (tertiary/aromatic N) is 4. The first-order chi connectivity index (χ1) is 15.5. The van der Waals surface area contributed by atoms with Crippen molar-refractivity contribution in [2.75, 3.05) is 31.8 Å². The number of carbonyl (C=O) groups is 1. The van der Waals surface area contributed by atoms with Gasteiger partial charge in [0.25, 0.3) is 0 Å². The van der Waals surface area contributed by atoms with Gasteiger partial charge in [-0.15, -0.1) is 0 Å². The van der Waals surface area contributed by atoms with E-state index in [1.165, 1.54) is 6.92 Å². The van der Waals surface area contributed by atoms with Gasteiger partial charge in [0.2, 0.25) is 5.91 Å². The highest BCUT2D eigenvalue weighted by atomic mass is 16.5. The third kappa shape index (κ3) is 3.48. The molecule has 4 heterocycles. The van der Waals surface area contributed by atoms with Crippen LogP contribution in [0.3, 0.4) is 0 Å². The van der Waals surface area contributed by atoms with Crippen LogP contribution in [0.15, 0.2) is 53.6 Å². The largest absolute Gasteiger partial charge is 0.378 e. The number of nitrogens with one attached hydrogen (secondary N) is 1. The van der Waals surface area contributed by atoms with Crippen molar-refractivity contribution in [1.82, 2.24) is 15.2 Å². The lowest BCUT2D eigenvalue weighted by Crippen LogP contribution is -2.43. The van der Waals surface area contributed by atoms with Crippen LogP contribution in [0.1, 0.15) is 31.9 Å². The second-order valence-electron chi connectivity index (χ2n) is 8.74. The van der Waals surface area contributed by atoms with E-state index in [0.717, 1.165) is 42.8 Å². The van der Waals surface area contributed by atoms with Gasteiger partial charge in [0.05, 0.1) is 30.0 Å². The number of hydrogen-bond acceptors (Lipinski definition) is 7. The standard InChI is InChI=1S/C24H27N5O3/c1-16(30)26-23-12-18-6-8-28(19-10-17(11-19)13-25)20(18)14-29(23)22-5-3-4-21(27-22)24(31-2)7-9-32-15-24/h3-6,12,14,17,19H,7-11,15H2,1-2H3,(H,26,30)/t17-,19+,24-/m0/s1. The molecule has 0 bridgehead atoms. The van der Waals surface area contributed by atoms with E-state index in [0.29, 0.717) is 30.9 Å². The van der Waals surface area contributed by atoms with Gasteiger partial charge >= 0.3 is 0 Å². The highest BCUT2D eigenvalue weighted by molar-refractivity contribution is 5.77. The Morgan fingerprint density at radius 2 is 2.25 bits per heavy atom. The van der Waals surface area contributed by atoms with Gasteiger partial charge in [0.1, 0.15) is 17.2 Å². The molecule has 1 saturated heterocycles. The van der Waals surface area contributed by atoms with Crippen molar-refractivity contribution in [2.24, 2.45) is 5.92 Å². The Kier molecular flexibility index (Phi) is 5.24. The number of rotatable bonds is 5. The van der Waals surface area contributed by atoms with Crippen molar-refractivity contribution in [3.05, 3.63) is 59.3 Å². The first-order valence-electron chi connectivity index (χ1n) is 11.0. The summed E-state index contributed by atoms with van der Waals surface area (Å²) in [5.41, 5.74) is 2.44. The SMILES string of the molecule is CO[C@@]1(c2cccc(N3C=C4C(=CCN4[C@H]4C[C@@H](C#N)C4)C=C3NC(C)=O)n2)CCOC1. The lowest BCUT2D eigenvalue weighted by molar-refractivity contribution is -0.118. The summed E-state index contributed by atoms with van der Waals surface area (Å²) in [5.74, 6) is 1.37. The summed E-state index contributed by atoms with van der Waals surface area (Å²) in [6, 6.07) is 8.58. The van der Waals surface area contributed by atoms with E-state index in [4.69, 9.17) is 19.7 Å². The van der Waals surface area contributed by atoms with Crippen molar-refractivity contribution < 1.29 is 14.3 Å². The molecule has 1 saturated carbocycles. The summed E-state index contributed by atoms with van der Waals surface area (Å²) in [5, 5.41) is 12.1. The number of aromatic nitrogens is 1. The predicted octanol–water partition coefficient (Wildman–Crippen LogP) is 2.53. The van der Waals surface area contributed by atoms with E-state index in [9.17, 15) is 4.79 Å². The fraction of sp³-hybridized carbons (Fsp3) is 0.458. The first-order valence-corrected chi connectivity index (χ1v) is 11.0. The van der Waals surface area contributed by atoms with Crippen LogP contribution in [-0.4, -0.2) is 48.7 Å². The monoisotopic (exact) mass is 433 g/mol. The molecule has 4 aliphatic rings. The minimum absolute atomic E-state index is 0.141. The van der Waals surface area contributed by atoms with E-state index < -0.39 is 5.60 Å². The molecule has 0 aromatic carbocycles. The quantitative estimate of drug-likeness (QED) is 0.763. The third-order valence-electron chi connectivity index (χ3n) is 6.78. The van der Waals surface area contributed by atoms with Crippen molar-refractivity contribution >= 4 is 11.7 Å². The van der Waals surface area contributed by atoms with Crippen LogP contribution >= 0.6 is 0 Å².